The number of aromatic nitrogens is 2. The Morgan fingerprint density at radius 1 is 1.05 bits per heavy atom. The number of H-pyrrole nitrogens is 1. The van der Waals surface area contributed by atoms with Gasteiger partial charge >= 0.3 is 6.18 Å². The van der Waals surface area contributed by atoms with E-state index in [0.29, 0.717) is 41.0 Å². The van der Waals surface area contributed by atoms with Crippen molar-refractivity contribution < 1.29 is 18.0 Å². The summed E-state index contributed by atoms with van der Waals surface area (Å²) in [4.78, 5) is 35.6. The Morgan fingerprint density at radius 2 is 1.83 bits per heavy atom. The molecule has 0 saturated carbocycles. The average molecular weight is 560 g/mol. The molecule has 0 bridgehead atoms. The number of alkyl halides is 3. The van der Waals surface area contributed by atoms with Crippen LogP contribution in [0.1, 0.15) is 38.2 Å². The third kappa shape index (κ3) is 6.65. The molecular weight excluding hydrogens is 531 g/mol. The highest BCUT2D eigenvalue weighted by Gasteiger charge is 2.34. The Morgan fingerprint density at radius 3 is 2.59 bits per heavy atom. The van der Waals surface area contributed by atoms with Gasteiger partial charge in [-0.1, -0.05) is 24.0 Å². The molecule has 0 aliphatic carbocycles. The second-order valence-electron chi connectivity index (χ2n) is 10.1. The topological polar surface area (TPSA) is 81.3 Å². The fraction of sp³-hybridized carbons (Fsp3) is 0.258. The first kappa shape index (κ1) is 28.1. The van der Waals surface area contributed by atoms with Crippen molar-refractivity contribution in [1.82, 2.24) is 19.8 Å². The van der Waals surface area contributed by atoms with Gasteiger partial charge < -0.3 is 15.2 Å². The molecule has 210 valence electrons. The van der Waals surface area contributed by atoms with Crippen LogP contribution in [0.25, 0.3) is 11.0 Å². The van der Waals surface area contributed by atoms with Crippen molar-refractivity contribution in [3.63, 3.8) is 0 Å². The number of hydrogen-bond donors (Lipinski definition) is 2. The maximum absolute atomic E-state index is 14.0. The average Bonchev–Trinajstić information content (AvgIpc) is 2.94. The molecule has 1 amide bonds. The lowest BCUT2D eigenvalue weighted by Gasteiger charge is -2.33. The van der Waals surface area contributed by atoms with Gasteiger partial charge in [0.25, 0.3) is 5.91 Å². The summed E-state index contributed by atoms with van der Waals surface area (Å²) in [6, 6.07) is 13.9. The normalized spacial score (nSPS) is 14.5. The SMILES string of the molecule is Cc1c(C#Cc2cnc3[nH]c(=O)ccc3c2)cccc1C(=O)Nc1ccc(CN2CCN(C)CC2)c(C(F)(F)F)c1. The lowest BCUT2D eigenvalue weighted by atomic mass is 10.0. The number of aromatic amines is 1. The van der Waals surface area contributed by atoms with Crippen LogP contribution in [0.4, 0.5) is 18.9 Å². The highest BCUT2D eigenvalue weighted by Crippen LogP contribution is 2.35. The molecule has 7 nitrogen and oxygen atoms in total. The quantitative estimate of drug-likeness (QED) is 0.356. The van der Waals surface area contributed by atoms with E-state index < -0.39 is 17.6 Å². The molecule has 1 aliphatic rings. The summed E-state index contributed by atoms with van der Waals surface area (Å²) in [6.07, 6.45) is -3.01. The molecule has 10 heteroatoms. The largest absolute Gasteiger partial charge is 0.416 e. The van der Waals surface area contributed by atoms with Crippen molar-refractivity contribution in [1.29, 1.82) is 0 Å². The van der Waals surface area contributed by atoms with Crippen LogP contribution in [0, 0.1) is 18.8 Å². The van der Waals surface area contributed by atoms with Crippen LogP contribution < -0.4 is 10.9 Å². The number of carbonyl (C=O) groups excluding carboxylic acids is 1. The molecule has 5 rings (SSSR count). The highest BCUT2D eigenvalue weighted by atomic mass is 19.4. The van der Waals surface area contributed by atoms with E-state index in [1.54, 1.807) is 43.5 Å². The van der Waals surface area contributed by atoms with Crippen LogP contribution in [0.15, 0.2) is 65.6 Å². The number of pyridine rings is 2. The molecule has 3 heterocycles. The number of anilines is 1. The monoisotopic (exact) mass is 559 g/mol. The standard InChI is InChI=1S/C31H28F3N5O2/c1-20-22(7-6-21-16-23-9-11-28(40)37-29(23)35-18-21)4-3-5-26(20)30(41)36-25-10-8-24(27(17-25)31(32,33)34)19-39-14-12-38(2)13-15-39/h3-5,8-11,16-18H,12-15,19H2,1-2H3,(H,36,41)(H,35,37,40). The molecule has 1 fully saturated rings. The number of nitrogens with one attached hydrogen (secondary N) is 2. The molecule has 2 aromatic heterocycles. The van der Waals surface area contributed by atoms with Crippen LogP contribution in [-0.2, 0) is 12.7 Å². The van der Waals surface area contributed by atoms with Crippen LogP contribution in [0.2, 0.25) is 0 Å². The van der Waals surface area contributed by atoms with Gasteiger partial charge in [-0.05, 0) is 61.5 Å². The number of benzene rings is 2. The van der Waals surface area contributed by atoms with Gasteiger partial charge in [-0.3, -0.25) is 14.5 Å². The van der Waals surface area contributed by atoms with Gasteiger partial charge in [-0.15, -0.1) is 0 Å². The molecule has 2 aromatic carbocycles. The Kier molecular flexibility index (Phi) is 7.92. The molecule has 0 radical (unpaired) electrons. The highest BCUT2D eigenvalue weighted by molar-refractivity contribution is 6.05. The fourth-order valence-electron chi connectivity index (χ4n) is 4.76. The summed E-state index contributed by atoms with van der Waals surface area (Å²) in [5, 5.41) is 3.36. The zero-order chi connectivity index (χ0) is 29.1. The minimum absolute atomic E-state index is 0.0700. The molecule has 1 aliphatic heterocycles. The smallest absolute Gasteiger partial charge is 0.322 e. The molecular formula is C31H28F3N5O2. The maximum atomic E-state index is 14.0. The van der Waals surface area contributed by atoms with Gasteiger partial charge in [0, 0.05) is 72.8 Å². The molecule has 0 spiro atoms. The summed E-state index contributed by atoms with van der Waals surface area (Å²) in [5.41, 5.74) is 1.83. The van der Waals surface area contributed by atoms with E-state index in [9.17, 15) is 22.8 Å². The van der Waals surface area contributed by atoms with Crippen LogP contribution in [0.3, 0.4) is 0 Å². The number of halogens is 3. The summed E-state index contributed by atoms with van der Waals surface area (Å²) >= 11 is 0. The van der Waals surface area contributed by atoms with E-state index >= 15 is 0 Å². The molecule has 41 heavy (non-hydrogen) atoms. The number of fused-ring (bicyclic) bond motifs is 1. The number of carbonyl (C=O) groups is 1. The van der Waals surface area contributed by atoms with Gasteiger partial charge in [0.2, 0.25) is 5.56 Å². The van der Waals surface area contributed by atoms with E-state index in [0.717, 1.165) is 24.5 Å². The first-order valence-corrected chi connectivity index (χ1v) is 13.1. The van der Waals surface area contributed by atoms with Crippen LogP contribution >= 0.6 is 0 Å². The van der Waals surface area contributed by atoms with Crippen molar-refractivity contribution in [3.05, 3.63) is 105 Å². The van der Waals surface area contributed by atoms with Gasteiger partial charge in [-0.2, -0.15) is 13.2 Å². The van der Waals surface area contributed by atoms with Crippen molar-refractivity contribution in [2.45, 2.75) is 19.6 Å². The van der Waals surface area contributed by atoms with E-state index in [1.807, 2.05) is 11.9 Å². The number of nitrogens with zero attached hydrogens (tertiary/aromatic N) is 3. The summed E-state index contributed by atoms with van der Waals surface area (Å²) < 4.78 is 41.9. The van der Waals surface area contributed by atoms with Gasteiger partial charge in [0.15, 0.2) is 0 Å². The third-order valence-corrected chi connectivity index (χ3v) is 7.16. The summed E-state index contributed by atoms with van der Waals surface area (Å²) in [6.45, 7) is 4.94. The van der Waals surface area contributed by atoms with Crippen molar-refractivity contribution >= 4 is 22.6 Å². The second kappa shape index (κ2) is 11.6. The van der Waals surface area contributed by atoms with Crippen LogP contribution in [-0.4, -0.2) is 58.9 Å². The summed E-state index contributed by atoms with van der Waals surface area (Å²) in [7, 11) is 1.99. The lowest BCUT2D eigenvalue weighted by molar-refractivity contribution is -0.138. The number of piperazine rings is 1. The second-order valence-corrected chi connectivity index (χ2v) is 10.1. The van der Waals surface area contributed by atoms with E-state index in [-0.39, 0.29) is 23.4 Å². The Hall–Kier alpha value is -4.46. The molecule has 0 atom stereocenters. The molecule has 1 saturated heterocycles. The first-order valence-electron chi connectivity index (χ1n) is 13.1. The predicted octanol–water partition coefficient (Wildman–Crippen LogP) is 4.65. The number of hydrogen-bond acceptors (Lipinski definition) is 5. The zero-order valence-corrected chi connectivity index (χ0v) is 22.6. The Balaban J connectivity index is 1.35. The fourth-order valence-corrected chi connectivity index (χ4v) is 4.76. The molecule has 0 unspecified atom stereocenters. The minimum atomic E-state index is -4.55. The minimum Gasteiger partial charge on any atom is -0.322 e. The number of amides is 1. The van der Waals surface area contributed by atoms with Crippen molar-refractivity contribution in [2.75, 3.05) is 38.5 Å². The van der Waals surface area contributed by atoms with Crippen LogP contribution in [0.5, 0.6) is 0 Å². The van der Waals surface area contributed by atoms with Gasteiger partial charge in [0.05, 0.1) is 5.56 Å². The first-order chi connectivity index (χ1) is 19.6. The zero-order valence-electron chi connectivity index (χ0n) is 22.6. The number of likely N-dealkylation sites (N-methyl/N-ethyl adjacent to an activating group) is 1. The maximum Gasteiger partial charge on any atom is 0.416 e. The van der Waals surface area contributed by atoms with Crippen molar-refractivity contribution in [2.24, 2.45) is 0 Å². The molecule has 4 aromatic rings. The third-order valence-electron chi connectivity index (χ3n) is 7.16. The van der Waals surface area contributed by atoms with E-state index in [1.165, 1.54) is 18.2 Å². The molecule has 2 N–H and O–H groups in total. The predicted molar refractivity (Wildman–Crippen MR) is 152 cm³/mol. The van der Waals surface area contributed by atoms with E-state index in [4.69, 9.17) is 0 Å². The Bertz CT molecular complexity index is 1730. The van der Waals surface area contributed by atoms with Gasteiger partial charge in [0.1, 0.15) is 5.65 Å². The van der Waals surface area contributed by atoms with Crippen molar-refractivity contribution in [3.8, 4) is 11.8 Å². The van der Waals surface area contributed by atoms with Gasteiger partial charge in [-0.25, -0.2) is 4.98 Å². The summed E-state index contributed by atoms with van der Waals surface area (Å²) in [5.74, 6) is 5.54. The lowest BCUT2D eigenvalue weighted by Crippen LogP contribution is -2.44. The van der Waals surface area contributed by atoms with E-state index in [2.05, 4.69) is 32.0 Å². The number of rotatable bonds is 4. The Labute approximate surface area is 235 Å².